The fourth-order valence-corrected chi connectivity index (χ4v) is 9.37. The average molecular weight is 1130 g/mol. The number of hydrogen-bond acceptors (Lipinski definition) is 11. The van der Waals surface area contributed by atoms with Crippen LogP contribution in [0.4, 0.5) is 0 Å². The predicted molar refractivity (Wildman–Crippen MR) is 335 cm³/mol. The second-order valence-corrected chi connectivity index (χ2v) is 24.5. The Morgan fingerprint density at radius 1 is 0.362 bits per heavy atom. The number of nitrogens with zero attached hydrogens (tertiary/aromatic N) is 1. The molecular formula is C69H127NO10. The van der Waals surface area contributed by atoms with Gasteiger partial charge in [-0.15, -0.1) is 0 Å². The van der Waals surface area contributed by atoms with Crippen molar-refractivity contribution in [2.24, 2.45) is 23.7 Å². The first-order chi connectivity index (χ1) is 38.3. The Balaban J connectivity index is 5.00. The summed E-state index contributed by atoms with van der Waals surface area (Å²) in [7, 11) is 0. The van der Waals surface area contributed by atoms with Gasteiger partial charge < -0.3 is 38.1 Å². The van der Waals surface area contributed by atoms with E-state index in [1.54, 1.807) is 0 Å². The van der Waals surface area contributed by atoms with E-state index in [-0.39, 0.29) is 36.9 Å². The summed E-state index contributed by atoms with van der Waals surface area (Å²) in [6.45, 7) is 36.7. The average Bonchev–Trinajstić information content (AvgIpc) is 3.39. The first kappa shape index (κ1) is 77.2. The number of hydrogen-bond donors (Lipinski definition) is 0. The minimum absolute atomic E-state index is 0.110. The van der Waals surface area contributed by atoms with Crippen molar-refractivity contribution in [2.75, 3.05) is 59.3 Å². The van der Waals surface area contributed by atoms with E-state index in [1.165, 1.54) is 22.3 Å². The molecule has 0 saturated carbocycles. The second-order valence-electron chi connectivity index (χ2n) is 24.5. The molecule has 0 spiro atoms. The van der Waals surface area contributed by atoms with Gasteiger partial charge in [0.25, 0.3) is 0 Å². The molecule has 4 atom stereocenters. The standard InChI is InChI=1S/C69H127NO10/c1-15-70(16-2)49-29-40-67(73)80-64(38-21-17-19-23-50-74-65(71)41-43-68(76-52-45-60(11)34-25-30-56(3)4)77-53-46-61(12)35-26-31-57(5)6)39-22-18-20-24-51-75-66(72)42-44-69(78-54-47-62(13)36-27-32-58(7)8)79-55-48-63(14)37-28-33-59(9)10/h30-33,60-64,68-69H,15-29,34-55H2,1-14H3. The molecule has 0 fully saturated rings. The van der Waals surface area contributed by atoms with Crippen molar-refractivity contribution in [3.8, 4) is 0 Å². The highest BCUT2D eigenvalue weighted by atomic mass is 16.7. The maximum atomic E-state index is 13.0. The normalized spacial score (nSPS) is 14.1. The molecule has 4 unspecified atom stereocenters. The lowest BCUT2D eigenvalue weighted by Gasteiger charge is -2.21. The summed E-state index contributed by atoms with van der Waals surface area (Å²) in [5.74, 6) is 1.69. The van der Waals surface area contributed by atoms with E-state index in [1.807, 2.05) is 0 Å². The zero-order chi connectivity index (χ0) is 59.6. The van der Waals surface area contributed by atoms with Gasteiger partial charge in [-0.1, -0.05) is 114 Å². The molecule has 0 saturated heterocycles. The summed E-state index contributed by atoms with van der Waals surface area (Å²) in [6, 6.07) is 0. The Hall–Kier alpha value is -2.83. The Morgan fingerprint density at radius 2 is 0.688 bits per heavy atom. The number of ether oxygens (including phenoxy) is 7. The van der Waals surface area contributed by atoms with Crippen LogP contribution < -0.4 is 0 Å². The molecule has 0 aromatic heterocycles. The molecule has 11 nitrogen and oxygen atoms in total. The van der Waals surface area contributed by atoms with E-state index < -0.39 is 12.6 Å². The van der Waals surface area contributed by atoms with Crippen LogP contribution in [0.15, 0.2) is 46.6 Å². The third-order valence-electron chi connectivity index (χ3n) is 15.1. The Morgan fingerprint density at radius 3 is 1.00 bits per heavy atom. The van der Waals surface area contributed by atoms with Gasteiger partial charge in [-0.25, -0.2) is 0 Å². The van der Waals surface area contributed by atoms with Gasteiger partial charge in [0.1, 0.15) is 6.10 Å². The van der Waals surface area contributed by atoms with Crippen LogP contribution in [-0.2, 0) is 47.5 Å². The summed E-state index contributed by atoms with van der Waals surface area (Å²) < 4.78 is 42.4. The summed E-state index contributed by atoms with van der Waals surface area (Å²) >= 11 is 0. The quantitative estimate of drug-likeness (QED) is 0.0190. The Labute approximate surface area is 493 Å². The lowest BCUT2D eigenvalue weighted by atomic mass is 10.0. The summed E-state index contributed by atoms with van der Waals surface area (Å²) in [4.78, 5) is 41.1. The minimum atomic E-state index is -0.415. The van der Waals surface area contributed by atoms with Crippen LogP contribution in [0.2, 0.25) is 0 Å². The van der Waals surface area contributed by atoms with Gasteiger partial charge in [0, 0.05) is 45.7 Å². The van der Waals surface area contributed by atoms with E-state index in [0.717, 1.165) is 167 Å². The van der Waals surface area contributed by atoms with E-state index in [9.17, 15) is 14.4 Å². The number of esters is 3. The molecule has 0 amide bonds. The van der Waals surface area contributed by atoms with Crippen molar-refractivity contribution < 1.29 is 47.5 Å². The Bertz CT molecular complexity index is 1450. The lowest BCUT2D eigenvalue weighted by molar-refractivity contribution is -0.161. The monoisotopic (exact) mass is 1130 g/mol. The van der Waals surface area contributed by atoms with Crippen LogP contribution in [0.25, 0.3) is 0 Å². The molecule has 0 radical (unpaired) electrons. The summed E-state index contributed by atoms with van der Waals surface area (Å²) in [6.07, 6.45) is 32.7. The second kappa shape index (κ2) is 52.9. The highest BCUT2D eigenvalue weighted by Crippen LogP contribution is 2.21. The largest absolute Gasteiger partial charge is 0.466 e. The number of rotatable bonds is 55. The predicted octanol–water partition coefficient (Wildman–Crippen LogP) is 18.4. The SMILES string of the molecule is CCN(CC)CCCC(=O)OC(CCCCCCOC(=O)CCC(OCCC(C)CCC=C(C)C)OCCC(C)CCC=C(C)C)CCCCCCOC(=O)CCC(OCCC(C)CCC=C(C)C)OCCC(C)CCC=C(C)C. The number of allylic oxidation sites excluding steroid dienone is 8. The lowest BCUT2D eigenvalue weighted by Crippen LogP contribution is -2.25. The molecular weight excluding hydrogens is 1000 g/mol. The van der Waals surface area contributed by atoms with Crippen molar-refractivity contribution >= 4 is 17.9 Å². The molecule has 0 bridgehead atoms. The van der Waals surface area contributed by atoms with E-state index >= 15 is 0 Å². The van der Waals surface area contributed by atoms with E-state index in [2.05, 4.69) is 126 Å². The third-order valence-corrected chi connectivity index (χ3v) is 15.1. The van der Waals surface area contributed by atoms with Gasteiger partial charge in [-0.2, -0.15) is 0 Å². The summed E-state index contributed by atoms with van der Waals surface area (Å²) in [5.41, 5.74) is 5.43. The van der Waals surface area contributed by atoms with Crippen LogP contribution in [-0.4, -0.2) is 101 Å². The zero-order valence-corrected chi connectivity index (χ0v) is 54.5. The maximum absolute atomic E-state index is 13.0. The highest BCUT2D eigenvalue weighted by molar-refractivity contribution is 5.70. The molecule has 11 heteroatoms. The third kappa shape index (κ3) is 52.0. The molecule has 468 valence electrons. The molecule has 0 aliphatic heterocycles. The van der Waals surface area contributed by atoms with Gasteiger partial charge in [0.15, 0.2) is 12.6 Å². The minimum Gasteiger partial charge on any atom is -0.466 e. The molecule has 0 aromatic carbocycles. The van der Waals surface area contributed by atoms with Crippen LogP contribution in [0.3, 0.4) is 0 Å². The molecule has 0 aliphatic carbocycles. The van der Waals surface area contributed by atoms with E-state index in [0.29, 0.717) is 82.6 Å². The van der Waals surface area contributed by atoms with Gasteiger partial charge in [0.05, 0.1) is 26.1 Å². The molecule has 80 heavy (non-hydrogen) atoms. The number of carbonyl (C=O) groups excluding carboxylic acids is 3. The van der Waals surface area contributed by atoms with Gasteiger partial charge >= 0.3 is 17.9 Å². The first-order valence-corrected chi connectivity index (χ1v) is 32.6. The van der Waals surface area contributed by atoms with Crippen molar-refractivity contribution in [1.82, 2.24) is 4.90 Å². The smallest absolute Gasteiger partial charge is 0.306 e. The van der Waals surface area contributed by atoms with Gasteiger partial charge in [0.2, 0.25) is 0 Å². The van der Waals surface area contributed by atoms with Crippen molar-refractivity contribution in [3.63, 3.8) is 0 Å². The first-order valence-electron chi connectivity index (χ1n) is 32.6. The van der Waals surface area contributed by atoms with Crippen LogP contribution in [0.1, 0.15) is 277 Å². The highest BCUT2D eigenvalue weighted by Gasteiger charge is 2.19. The van der Waals surface area contributed by atoms with E-state index in [4.69, 9.17) is 33.2 Å². The van der Waals surface area contributed by atoms with Gasteiger partial charge in [-0.3, -0.25) is 14.4 Å². The van der Waals surface area contributed by atoms with Crippen LogP contribution in [0, 0.1) is 23.7 Å². The molecule has 0 N–H and O–H groups in total. The fourth-order valence-electron chi connectivity index (χ4n) is 9.37. The zero-order valence-electron chi connectivity index (χ0n) is 54.5. The topological polar surface area (TPSA) is 119 Å². The molecule has 0 rings (SSSR count). The van der Waals surface area contributed by atoms with Crippen molar-refractivity contribution in [3.05, 3.63) is 46.6 Å². The molecule has 0 aromatic rings. The van der Waals surface area contributed by atoms with Gasteiger partial charge in [-0.05, 0) is 221 Å². The fraction of sp³-hybridized carbons (Fsp3) is 0.841. The molecule has 0 heterocycles. The number of carbonyl (C=O) groups is 3. The summed E-state index contributed by atoms with van der Waals surface area (Å²) in [5, 5.41) is 0. The van der Waals surface area contributed by atoms with Crippen LogP contribution >= 0.6 is 0 Å². The van der Waals surface area contributed by atoms with Crippen molar-refractivity contribution in [1.29, 1.82) is 0 Å². The molecule has 0 aliphatic rings. The maximum Gasteiger partial charge on any atom is 0.306 e. The Kier molecular flexibility index (Phi) is 51.1. The number of unbranched alkanes of at least 4 members (excludes halogenated alkanes) is 6. The van der Waals surface area contributed by atoms with Crippen LogP contribution in [0.5, 0.6) is 0 Å². The van der Waals surface area contributed by atoms with Crippen molar-refractivity contribution in [2.45, 2.75) is 295 Å².